The Balaban J connectivity index is 1.99. The molecule has 0 aliphatic heterocycles. The van der Waals surface area contributed by atoms with Gasteiger partial charge in [0.25, 0.3) is 5.91 Å². The van der Waals surface area contributed by atoms with Gasteiger partial charge in [0.1, 0.15) is 5.82 Å². The standard InChI is InChI=1S/C17H15BrF3NO3/c1-24-14-5-2-10(8-15(14)25-17(20)21)6-7-22-16(23)12-9-11(18)3-4-13(12)19/h2-5,8-9,17H,6-7H2,1H3,(H,22,23). The molecule has 134 valence electrons. The highest BCUT2D eigenvalue weighted by Gasteiger charge is 2.13. The van der Waals surface area contributed by atoms with Gasteiger partial charge in [-0.3, -0.25) is 4.79 Å². The van der Waals surface area contributed by atoms with Crippen LogP contribution in [0.15, 0.2) is 40.9 Å². The van der Waals surface area contributed by atoms with E-state index in [1.54, 1.807) is 6.07 Å². The smallest absolute Gasteiger partial charge is 0.387 e. The third kappa shape index (κ3) is 5.38. The van der Waals surface area contributed by atoms with Gasteiger partial charge in [0.2, 0.25) is 0 Å². The quantitative estimate of drug-likeness (QED) is 0.735. The molecular formula is C17H15BrF3NO3. The van der Waals surface area contributed by atoms with Crippen molar-refractivity contribution in [2.45, 2.75) is 13.0 Å². The van der Waals surface area contributed by atoms with Crippen molar-refractivity contribution in [3.05, 3.63) is 57.8 Å². The van der Waals surface area contributed by atoms with Gasteiger partial charge in [0, 0.05) is 11.0 Å². The minimum absolute atomic E-state index is 0.0779. The summed E-state index contributed by atoms with van der Waals surface area (Å²) in [6.07, 6.45) is 0.352. The van der Waals surface area contributed by atoms with Gasteiger partial charge in [-0.1, -0.05) is 22.0 Å². The van der Waals surface area contributed by atoms with E-state index in [0.29, 0.717) is 16.5 Å². The van der Waals surface area contributed by atoms with Gasteiger partial charge >= 0.3 is 6.61 Å². The molecule has 0 aliphatic rings. The summed E-state index contributed by atoms with van der Waals surface area (Å²) in [6.45, 7) is -2.77. The number of halogens is 4. The average molecular weight is 418 g/mol. The number of carbonyl (C=O) groups is 1. The zero-order chi connectivity index (χ0) is 18.4. The van der Waals surface area contributed by atoms with Crippen molar-refractivity contribution in [3.8, 4) is 11.5 Å². The summed E-state index contributed by atoms with van der Waals surface area (Å²) in [6, 6.07) is 8.65. The molecule has 0 aromatic heterocycles. The lowest BCUT2D eigenvalue weighted by atomic mass is 10.1. The fourth-order valence-electron chi connectivity index (χ4n) is 2.15. The molecule has 2 aromatic rings. The molecule has 0 saturated carbocycles. The summed E-state index contributed by atoms with van der Waals surface area (Å²) < 4.78 is 48.4. The Morgan fingerprint density at radius 2 is 1.96 bits per heavy atom. The van der Waals surface area contributed by atoms with Crippen LogP contribution >= 0.6 is 15.9 Å². The number of benzene rings is 2. The van der Waals surface area contributed by atoms with E-state index in [4.69, 9.17) is 4.74 Å². The van der Waals surface area contributed by atoms with Crippen molar-refractivity contribution in [2.75, 3.05) is 13.7 Å². The van der Waals surface area contributed by atoms with Gasteiger partial charge in [-0.15, -0.1) is 0 Å². The van der Waals surface area contributed by atoms with Crippen molar-refractivity contribution < 1.29 is 27.4 Å². The molecule has 0 saturated heterocycles. The molecule has 1 N–H and O–H groups in total. The Labute approximate surface area is 151 Å². The van der Waals surface area contributed by atoms with E-state index in [-0.39, 0.29) is 23.6 Å². The van der Waals surface area contributed by atoms with Gasteiger partial charge in [-0.25, -0.2) is 4.39 Å². The lowest BCUT2D eigenvalue weighted by molar-refractivity contribution is -0.0512. The van der Waals surface area contributed by atoms with Crippen LogP contribution in [0.3, 0.4) is 0 Å². The lowest BCUT2D eigenvalue weighted by Gasteiger charge is -2.12. The molecule has 2 rings (SSSR count). The fourth-order valence-corrected chi connectivity index (χ4v) is 2.51. The van der Waals surface area contributed by atoms with E-state index in [9.17, 15) is 18.0 Å². The molecule has 0 radical (unpaired) electrons. The van der Waals surface area contributed by atoms with E-state index in [1.807, 2.05) is 0 Å². The van der Waals surface area contributed by atoms with Crippen LogP contribution in [0.1, 0.15) is 15.9 Å². The molecule has 25 heavy (non-hydrogen) atoms. The van der Waals surface area contributed by atoms with Crippen molar-refractivity contribution in [3.63, 3.8) is 0 Å². The molecular weight excluding hydrogens is 403 g/mol. The predicted octanol–water partition coefficient (Wildman–Crippen LogP) is 4.17. The van der Waals surface area contributed by atoms with Crippen molar-refractivity contribution in [2.24, 2.45) is 0 Å². The summed E-state index contributed by atoms with van der Waals surface area (Å²) in [5, 5.41) is 2.58. The van der Waals surface area contributed by atoms with Gasteiger partial charge in [0.05, 0.1) is 12.7 Å². The number of amides is 1. The summed E-state index contributed by atoms with van der Waals surface area (Å²) in [7, 11) is 1.35. The van der Waals surface area contributed by atoms with E-state index < -0.39 is 18.3 Å². The highest BCUT2D eigenvalue weighted by atomic mass is 79.9. The molecule has 2 aromatic carbocycles. The molecule has 0 heterocycles. The number of methoxy groups -OCH3 is 1. The number of hydrogen-bond acceptors (Lipinski definition) is 3. The molecule has 0 unspecified atom stereocenters. The van der Waals surface area contributed by atoms with Crippen LogP contribution in [0.2, 0.25) is 0 Å². The van der Waals surface area contributed by atoms with E-state index in [1.165, 1.54) is 37.4 Å². The first-order valence-corrected chi connectivity index (χ1v) is 8.05. The van der Waals surface area contributed by atoms with Gasteiger partial charge in [-0.05, 0) is 42.3 Å². The zero-order valence-corrected chi connectivity index (χ0v) is 14.8. The van der Waals surface area contributed by atoms with Crippen LogP contribution in [0, 0.1) is 5.82 Å². The second-order valence-corrected chi connectivity index (χ2v) is 5.91. The second-order valence-electron chi connectivity index (χ2n) is 4.99. The van der Waals surface area contributed by atoms with Crippen molar-refractivity contribution >= 4 is 21.8 Å². The van der Waals surface area contributed by atoms with Gasteiger partial charge in [-0.2, -0.15) is 8.78 Å². The Kier molecular flexibility index (Phi) is 6.69. The van der Waals surface area contributed by atoms with Crippen LogP contribution in [0.25, 0.3) is 0 Å². The average Bonchev–Trinajstić information content (AvgIpc) is 2.56. The first kappa shape index (κ1) is 19.1. The third-order valence-corrected chi connectivity index (χ3v) is 3.81. The summed E-state index contributed by atoms with van der Waals surface area (Å²) >= 11 is 3.18. The maximum atomic E-state index is 13.6. The maximum absolute atomic E-state index is 13.6. The minimum atomic E-state index is -2.97. The Morgan fingerprint density at radius 1 is 1.20 bits per heavy atom. The van der Waals surface area contributed by atoms with E-state index >= 15 is 0 Å². The zero-order valence-electron chi connectivity index (χ0n) is 13.2. The Bertz CT molecular complexity index is 756. The molecule has 0 aliphatic carbocycles. The molecule has 0 bridgehead atoms. The number of rotatable bonds is 7. The first-order valence-electron chi connectivity index (χ1n) is 7.25. The third-order valence-electron chi connectivity index (χ3n) is 3.32. The maximum Gasteiger partial charge on any atom is 0.387 e. The topological polar surface area (TPSA) is 47.6 Å². The molecule has 0 fully saturated rings. The summed E-state index contributed by atoms with van der Waals surface area (Å²) in [5.41, 5.74) is 0.581. The lowest BCUT2D eigenvalue weighted by Crippen LogP contribution is -2.26. The molecule has 4 nitrogen and oxygen atoms in total. The molecule has 0 atom stereocenters. The second kappa shape index (κ2) is 8.75. The predicted molar refractivity (Wildman–Crippen MR) is 89.8 cm³/mol. The van der Waals surface area contributed by atoms with E-state index in [0.717, 1.165) is 0 Å². The fraction of sp³-hybridized carbons (Fsp3) is 0.235. The van der Waals surface area contributed by atoms with Gasteiger partial charge in [0.15, 0.2) is 11.5 Å². The first-order chi connectivity index (χ1) is 11.9. The number of hydrogen-bond donors (Lipinski definition) is 1. The van der Waals surface area contributed by atoms with Crippen LogP contribution in [-0.4, -0.2) is 26.2 Å². The SMILES string of the molecule is COc1ccc(CCNC(=O)c2cc(Br)ccc2F)cc1OC(F)F. The van der Waals surface area contributed by atoms with Crippen LogP contribution < -0.4 is 14.8 Å². The number of alkyl halides is 2. The Morgan fingerprint density at radius 3 is 2.64 bits per heavy atom. The van der Waals surface area contributed by atoms with Gasteiger partial charge < -0.3 is 14.8 Å². The normalized spacial score (nSPS) is 10.6. The minimum Gasteiger partial charge on any atom is -0.493 e. The summed E-state index contributed by atoms with van der Waals surface area (Å²) in [5.74, 6) is -1.09. The van der Waals surface area contributed by atoms with Crippen molar-refractivity contribution in [1.82, 2.24) is 5.32 Å². The molecule has 8 heteroatoms. The van der Waals surface area contributed by atoms with Crippen LogP contribution in [0.5, 0.6) is 11.5 Å². The highest BCUT2D eigenvalue weighted by molar-refractivity contribution is 9.10. The monoisotopic (exact) mass is 417 g/mol. The van der Waals surface area contributed by atoms with Crippen molar-refractivity contribution in [1.29, 1.82) is 0 Å². The number of carbonyl (C=O) groups excluding carboxylic acids is 1. The Hall–Kier alpha value is -2.22. The largest absolute Gasteiger partial charge is 0.493 e. The van der Waals surface area contributed by atoms with E-state index in [2.05, 4.69) is 26.0 Å². The highest BCUT2D eigenvalue weighted by Crippen LogP contribution is 2.29. The summed E-state index contributed by atoms with van der Waals surface area (Å²) in [4.78, 5) is 12.0. The molecule has 1 amide bonds. The number of ether oxygens (including phenoxy) is 2. The van der Waals surface area contributed by atoms with Crippen LogP contribution in [-0.2, 0) is 6.42 Å². The number of nitrogens with one attached hydrogen (secondary N) is 1. The molecule has 0 spiro atoms. The van der Waals surface area contributed by atoms with Crippen LogP contribution in [0.4, 0.5) is 13.2 Å².